The molecule has 0 heterocycles. The fourth-order valence-corrected chi connectivity index (χ4v) is 1.57. The molecule has 2 bridgehead atoms. The summed E-state index contributed by atoms with van der Waals surface area (Å²) in [6.45, 7) is 0. The molecule has 2 N–H and O–H groups in total. The van der Waals surface area contributed by atoms with Gasteiger partial charge in [0.15, 0.2) is 0 Å². The maximum Gasteiger partial charge on any atom is 0.221 e. The Morgan fingerprint density at radius 3 is 1.93 bits per heavy atom. The van der Waals surface area contributed by atoms with Gasteiger partial charge in [-0.3, -0.25) is 0 Å². The van der Waals surface area contributed by atoms with Crippen LogP contribution in [0.3, 0.4) is 0 Å². The van der Waals surface area contributed by atoms with Crippen LogP contribution < -0.4 is 10.8 Å². The monoisotopic (exact) mass is 210 g/mol. The highest BCUT2D eigenvalue weighted by Crippen LogP contribution is 2.42. The first-order valence-corrected chi connectivity index (χ1v) is 4.24. The van der Waals surface area contributed by atoms with E-state index in [1.54, 1.807) is 14.2 Å². The van der Waals surface area contributed by atoms with E-state index in [0.29, 0.717) is 0 Å². The molecule has 1 aromatic rings. The van der Waals surface area contributed by atoms with Gasteiger partial charge in [0.25, 0.3) is 0 Å². The first-order valence-electron chi connectivity index (χ1n) is 4.24. The number of carboxylic acid groups (broad SMARTS) is 1. The van der Waals surface area contributed by atoms with E-state index < -0.39 is 11.9 Å². The van der Waals surface area contributed by atoms with Crippen LogP contribution in [0.1, 0.15) is 11.1 Å². The minimum atomic E-state index is -1.58. The van der Waals surface area contributed by atoms with Crippen molar-refractivity contribution in [2.24, 2.45) is 5.73 Å². The van der Waals surface area contributed by atoms with Crippen molar-refractivity contribution in [1.29, 1.82) is 0 Å². The van der Waals surface area contributed by atoms with E-state index in [0.717, 1.165) is 11.1 Å². The number of carbonyl (C=O) groups is 1. The molecule has 0 aromatic heterocycles. The van der Waals surface area contributed by atoms with E-state index in [1.807, 2.05) is 18.2 Å². The van der Waals surface area contributed by atoms with Crippen LogP contribution in [-0.2, 0) is 15.3 Å². The van der Waals surface area contributed by atoms with Gasteiger partial charge in [0.2, 0.25) is 5.79 Å². The molecule has 0 unspecified atom stereocenters. The molecule has 0 aliphatic heterocycles. The molecule has 3 rings (SSSR count). The van der Waals surface area contributed by atoms with Crippen LogP contribution >= 0.6 is 0 Å². The Balaban J connectivity index is 0.000000245. The number of nitrogens with two attached hydrogens (primary N) is 1. The number of rotatable bonds is 2. The van der Waals surface area contributed by atoms with Gasteiger partial charge in [-0.05, 0) is 6.07 Å². The molecule has 82 valence electrons. The van der Waals surface area contributed by atoms with E-state index in [4.69, 9.17) is 19.4 Å². The summed E-state index contributed by atoms with van der Waals surface area (Å²) in [5.41, 5.74) is 6.11. The van der Waals surface area contributed by atoms with Gasteiger partial charge in [-0.2, -0.15) is 0 Å². The molecule has 0 radical (unpaired) electrons. The molecule has 5 heteroatoms. The number of fused-ring (bicyclic) bond motifs is 2. The zero-order chi connectivity index (χ0) is 11.5. The normalized spacial score (nSPS) is 14.5. The summed E-state index contributed by atoms with van der Waals surface area (Å²) in [6, 6.07) is 8.06. The van der Waals surface area contributed by atoms with E-state index in [9.17, 15) is 0 Å². The number of carbonyl (C=O) groups excluding carboxylic acids is 1. The van der Waals surface area contributed by atoms with Crippen LogP contribution in [0, 0.1) is 0 Å². The van der Waals surface area contributed by atoms with Gasteiger partial charge in [-0.15, -0.1) is 0 Å². The van der Waals surface area contributed by atoms with Gasteiger partial charge in [0.05, 0.1) is 0 Å². The zero-order valence-corrected chi connectivity index (χ0v) is 8.52. The molecule has 0 atom stereocenters. The SMILES string of the molecule is COC1(OC)c2cccc1c2.NC(=O)[O-]. The van der Waals surface area contributed by atoms with Crippen molar-refractivity contribution in [3.8, 4) is 0 Å². The van der Waals surface area contributed by atoms with Crippen LogP contribution in [0.5, 0.6) is 0 Å². The van der Waals surface area contributed by atoms with E-state index in [-0.39, 0.29) is 0 Å². The average Bonchev–Trinajstić information content (AvgIpc) is 2.20. The first kappa shape index (κ1) is 11.5. The molecular formula is C10H12NO4-. The Bertz CT molecular complexity index is 327. The quantitative estimate of drug-likeness (QED) is 0.684. The third-order valence-corrected chi connectivity index (χ3v) is 2.20. The molecule has 0 spiro atoms. The lowest BCUT2D eigenvalue weighted by molar-refractivity contribution is -0.245. The summed E-state index contributed by atoms with van der Waals surface area (Å²) < 4.78 is 10.6. The molecule has 5 nitrogen and oxygen atoms in total. The number of methoxy groups -OCH3 is 2. The standard InChI is InChI=1S/C9H10O2.CH3NO2/c1-10-9(11-2)7-4-3-5-8(9)6-7;2-1(3)4/h3-6H,1-2H3;2H2,(H,3,4)/p-1. The lowest BCUT2D eigenvalue weighted by atomic mass is 9.85. The van der Waals surface area contributed by atoms with Crippen molar-refractivity contribution in [2.75, 3.05) is 14.2 Å². The topological polar surface area (TPSA) is 84.6 Å². The van der Waals surface area contributed by atoms with E-state index in [1.165, 1.54) is 0 Å². The second-order valence-corrected chi connectivity index (χ2v) is 2.92. The first-order chi connectivity index (χ1) is 7.06. The summed E-state index contributed by atoms with van der Waals surface area (Å²) >= 11 is 0. The number of benzene rings is 1. The predicted molar refractivity (Wildman–Crippen MR) is 50.8 cm³/mol. The lowest BCUT2D eigenvalue weighted by Crippen LogP contribution is -2.38. The fourth-order valence-electron chi connectivity index (χ4n) is 1.57. The summed E-state index contributed by atoms with van der Waals surface area (Å²) in [5, 5.41) is 8.67. The highest BCUT2D eigenvalue weighted by atomic mass is 16.7. The van der Waals surface area contributed by atoms with Crippen LogP contribution in [0.2, 0.25) is 0 Å². The number of hydrogen-bond acceptors (Lipinski definition) is 4. The highest BCUT2D eigenvalue weighted by molar-refractivity contribution is 5.58. The number of hydrogen-bond donors (Lipinski definition) is 1. The minimum absolute atomic E-state index is 0.547. The summed E-state index contributed by atoms with van der Waals surface area (Å²) in [6.07, 6.45) is -1.58. The number of amides is 1. The van der Waals surface area contributed by atoms with Crippen LogP contribution in [0.15, 0.2) is 24.3 Å². The smallest absolute Gasteiger partial charge is 0.221 e. The summed E-state index contributed by atoms with van der Waals surface area (Å²) in [5.74, 6) is -0.547. The molecule has 0 saturated heterocycles. The van der Waals surface area contributed by atoms with Crippen LogP contribution in [0.25, 0.3) is 0 Å². The molecule has 2 aliphatic carbocycles. The second-order valence-electron chi connectivity index (χ2n) is 2.92. The molecule has 0 saturated carbocycles. The summed E-state index contributed by atoms with van der Waals surface area (Å²) in [7, 11) is 3.31. The minimum Gasteiger partial charge on any atom is -0.530 e. The lowest BCUT2D eigenvalue weighted by Gasteiger charge is -2.38. The number of primary amides is 1. The summed E-state index contributed by atoms with van der Waals surface area (Å²) in [4.78, 5) is 8.67. The largest absolute Gasteiger partial charge is 0.530 e. The average molecular weight is 210 g/mol. The maximum atomic E-state index is 8.67. The maximum absolute atomic E-state index is 8.67. The number of ether oxygens (including phenoxy) is 2. The highest BCUT2D eigenvalue weighted by Gasteiger charge is 2.41. The van der Waals surface area contributed by atoms with E-state index in [2.05, 4.69) is 11.8 Å². The molecule has 1 aromatic carbocycles. The Kier molecular flexibility index (Phi) is 3.28. The Morgan fingerprint density at radius 2 is 1.73 bits per heavy atom. The van der Waals surface area contributed by atoms with Crippen molar-refractivity contribution < 1.29 is 19.4 Å². The molecule has 2 aliphatic rings. The van der Waals surface area contributed by atoms with Gasteiger partial charge in [0.1, 0.15) is 6.09 Å². The van der Waals surface area contributed by atoms with Crippen molar-refractivity contribution in [1.82, 2.24) is 0 Å². The third kappa shape index (κ3) is 1.93. The van der Waals surface area contributed by atoms with Crippen molar-refractivity contribution in [3.05, 3.63) is 35.4 Å². The van der Waals surface area contributed by atoms with Gasteiger partial charge in [-0.25, -0.2) is 0 Å². The molecule has 15 heavy (non-hydrogen) atoms. The van der Waals surface area contributed by atoms with Gasteiger partial charge in [0, 0.05) is 25.3 Å². The van der Waals surface area contributed by atoms with Crippen molar-refractivity contribution in [2.45, 2.75) is 5.79 Å². The van der Waals surface area contributed by atoms with Gasteiger partial charge < -0.3 is 25.1 Å². The second kappa shape index (κ2) is 4.29. The fraction of sp³-hybridized carbons (Fsp3) is 0.300. The Morgan fingerprint density at radius 1 is 1.33 bits per heavy atom. The third-order valence-electron chi connectivity index (χ3n) is 2.20. The Hall–Kier alpha value is -1.59. The zero-order valence-electron chi connectivity index (χ0n) is 8.52. The van der Waals surface area contributed by atoms with Crippen LogP contribution in [-0.4, -0.2) is 20.3 Å². The Labute approximate surface area is 87.4 Å². The van der Waals surface area contributed by atoms with Crippen LogP contribution in [0.4, 0.5) is 4.79 Å². The van der Waals surface area contributed by atoms with Gasteiger partial charge in [-0.1, -0.05) is 18.2 Å². The van der Waals surface area contributed by atoms with Gasteiger partial charge >= 0.3 is 0 Å². The van der Waals surface area contributed by atoms with Crippen molar-refractivity contribution >= 4 is 6.09 Å². The van der Waals surface area contributed by atoms with Crippen molar-refractivity contribution in [3.63, 3.8) is 0 Å². The molecular weight excluding hydrogens is 198 g/mol. The predicted octanol–water partition coefficient (Wildman–Crippen LogP) is -0.218. The van der Waals surface area contributed by atoms with E-state index >= 15 is 0 Å². The molecule has 1 amide bonds. The molecule has 0 fully saturated rings.